The zero-order valence-electron chi connectivity index (χ0n) is 17.3. The zero-order chi connectivity index (χ0) is 20.5. The van der Waals surface area contributed by atoms with Crippen molar-refractivity contribution in [1.29, 1.82) is 0 Å². The smallest absolute Gasteiger partial charge is 0.244 e. The summed E-state index contributed by atoms with van der Waals surface area (Å²) in [5.74, 6) is 1.18. The van der Waals surface area contributed by atoms with E-state index in [9.17, 15) is 4.79 Å². The Balaban J connectivity index is 1.47. The van der Waals surface area contributed by atoms with Gasteiger partial charge in [0.2, 0.25) is 5.91 Å². The molecule has 0 radical (unpaired) electrons. The molecule has 1 amide bonds. The van der Waals surface area contributed by atoms with Crippen molar-refractivity contribution in [2.24, 2.45) is 4.99 Å². The number of para-hydroxylation sites is 1. The Morgan fingerprint density at radius 3 is 2.55 bits per heavy atom. The first kappa shape index (κ1) is 21.2. The van der Waals surface area contributed by atoms with E-state index >= 15 is 0 Å². The first-order valence-electron chi connectivity index (χ1n) is 10.3. The van der Waals surface area contributed by atoms with Gasteiger partial charge >= 0.3 is 0 Å². The van der Waals surface area contributed by atoms with Gasteiger partial charge in [-0.25, -0.2) is 4.99 Å². The Bertz CT molecular complexity index is 770. The van der Waals surface area contributed by atoms with Crippen LogP contribution in [0.4, 0.5) is 5.69 Å². The minimum atomic E-state index is 0.0841. The van der Waals surface area contributed by atoms with E-state index in [0.717, 1.165) is 39.3 Å². The molecule has 1 aliphatic heterocycles. The van der Waals surface area contributed by atoms with Crippen LogP contribution in [0.1, 0.15) is 25.3 Å². The van der Waals surface area contributed by atoms with Crippen LogP contribution in [0.5, 0.6) is 0 Å². The molecule has 1 fully saturated rings. The van der Waals surface area contributed by atoms with Crippen LogP contribution >= 0.6 is 11.3 Å². The largest absolute Gasteiger partial charge is 0.368 e. The number of thiophene rings is 1. The SMILES string of the molecule is CCNC(=NCC(=O)N1CCN(c2ccccc2)CC1)NCC(C)c1ccsc1. The lowest BCUT2D eigenvalue weighted by atomic mass is 10.1. The van der Waals surface area contributed by atoms with E-state index in [1.54, 1.807) is 11.3 Å². The van der Waals surface area contributed by atoms with Crippen molar-refractivity contribution in [3.63, 3.8) is 0 Å². The average Bonchev–Trinajstić information content (AvgIpc) is 3.31. The van der Waals surface area contributed by atoms with Crippen molar-refractivity contribution in [2.45, 2.75) is 19.8 Å². The third kappa shape index (κ3) is 6.22. The fourth-order valence-electron chi connectivity index (χ4n) is 3.36. The van der Waals surface area contributed by atoms with Gasteiger partial charge in [-0.1, -0.05) is 25.1 Å². The van der Waals surface area contributed by atoms with Gasteiger partial charge in [-0.3, -0.25) is 4.79 Å². The molecule has 7 heteroatoms. The van der Waals surface area contributed by atoms with Gasteiger partial charge in [0.05, 0.1) is 0 Å². The Morgan fingerprint density at radius 1 is 1.14 bits per heavy atom. The highest BCUT2D eigenvalue weighted by Crippen LogP contribution is 2.17. The number of nitrogens with zero attached hydrogens (tertiary/aromatic N) is 3. The predicted octanol–water partition coefficient (Wildman–Crippen LogP) is 2.76. The predicted molar refractivity (Wildman–Crippen MR) is 122 cm³/mol. The van der Waals surface area contributed by atoms with Crippen LogP contribution in [0.2, 0.25) is 0 Å². The average molecular weight is 414 g/mol. The highest BCUT2D eigenvalue weighted by atomic mass is 32.1. The number of rotatable bonds is 7. The molecule has 2 heterocycles. The molecule has 1 saturated heterocycles. The molecule has 29 heavy (non-hydrogen) atoms. The summed E-state index contributed by atoms with van der Waals surface area (Å²) in [4.78, 5) is 21.4. The summed E-state index contributed by atoms with van der Waals surface area (Å²) in [6, 6.07) is 12.5. The lowest BCUT2D eigenvalue weighted by Gasteiger charge is -2.36. The Labute approximate surface area is 177 Å². The first-order chi connectivity index (χ1) is 14.2. The number of aliphatic imine (C=N–C) groups is 1. The van der Waals surface area contributed by atoms with E-state index in [1.165, 1.54) is 11.3 Å². The summed E-state index contributed by atoms with van der Waals surface area (Å²) in [6.45, 7) is 9.14. The molecule has 1 atom stereocenters. The van der Waals surface area contributed by atoms with Gasteiger partial charge in [0.15, 0.2) is 5.96 Å². The lowest BCUT2D eigenvalue weighted by molar-refractivity contribution is -0.129. The Hall–Kier alpha value is -2.54. The van der Waals surface area contributed by atoms with E-state index in [4.69, 9.17) is 0 Å². The van der Waals surface area contributed by atoms with Crippen molar-refractivity contribution in [2.75, 3.05) is 50.7 Å². The third-order valence-corrected chi connectivity index (χ3v) is 5.86. The number of anilines is 1. The van der Waals surface area contributed by atoms with Crippen LogP contribution in [-0.4, -0.2) is 62.6 Å². The summed E-state index contributed by atoms with van der Waals surface area (Å²) < 4.78 is 0. The van der Waals surface area contributed by atoms with E-state index in [1.807, 2.05) is 17.9 Å². The second-order valence-electron chi connectivity index (χ2n) is 7.24. The molecule has 2 N–H and O–H groups in total. The fraction of sp³-hybridized carbons (Fsp3) is 0.455. The molecule has 156 valence electrons. The van der Waals surface area contributed by atoms with Gasteiger partial charge in [0.1, 0.15) is 6.54 Å². The molecule has 0 aliphatic carbocycles. The molecule has 1 aromatic heterocycles. The fourth-order valence-corrected chi connectivity index (χ4v) is 4.15. The highest BCUT2D eigenvalue weighted by molar-refractivity contribution is 7.07. The standard InChI is InChI=1S/C22H31N5OS/c1-3-23-22(24-15-18(2)19-9-14-29-17-19)25-16-21(28)27-12-10-26(11-13-27)20-7-5-4-6-8-20/h4-9,14,17-18H,3,10-13,15-16H2,1-2H3,(H2,23,24,25). The summed E-state index contributed by atoms with van der Waals surface area (Å²) in [5, 5.41) is 10.9. The number of carbonyl (C=O) groups is 1. The molecular formula is C22H31N5OS. The van der Waals surface area contributed by atoms with Crippen LogP contribution in [0.25, 0.3) is 0 Å². The third-order valence-electron chi connectivity index (χ3n) is 5.16. The molecule has 0 saturated carbocycles. The Morgan fingerprint density at radius 2 is 1.90 bits per heavy atom. The Kier molecular flexibility index (Phi) is 7.93. The number of hydrogen-bond acceptors (Lipinski definition) is 4. The second-order valence-corrected chi connectivity index (χ2v) is 8.02. The van der Waals surface area contributed by atoms with E-state index in [2.05, 4.69) is 68.5 Å². The van der Waals surface area contributed by atoms with Crippen LogP contribution in [0.15, 0.2) is 52.2 Å². The lowest BCUT2D eigenvalue weighted by Crippen LogP contribution is -2.49. The number of piperazine rings is 1. The maximum absolute atomic E-state index is 12.6. The molecule has 2 aromatic rings. The zero-order valence-corrected chi connectivity index (χ0v) is 18.1. The topological polar surface area (TPSA) is 60.0 Å². The molecule has 1 unspecified atom stereocenters. The number of amides is 1. The quantitative estimate of drug-likeness (QED) is 0.541. The number of hydrogen-bond donors (Lipinski definition) is 2. The van der Waals surface area contributed by atoms with Gasteiger partial charge in [-0.05, 0) is 47.4 Å². The molecule has 1 aliphatic rings. The summed E-state index contributed by atoms with van der Waals surface area (Å²) >= 11 is 1.71. The normalized spacial score (nSPS) is 15.9. The van der Waals surface area contributed by atoms with Crippen molar-refractivity contribution >= 4 is 28.9 Å². The second kappa shape index (κ2) is 10.9. The molecule has 3 rings (SSSR count). The summed E-state index contributed by atoms with van der Waals surface area (Å²) in [7, 11) is 0. The monoisotopic (exact) mass is 413 g/mol. The molecule has 1 aromatic carbocycles. The summed E-state index contributed by atoms with van der Waals surface area (Å²) in [6.07, 6.45) is 0. The summed E-state index contributed by atoms with van der Waals surface area (Å²) in [5.41, 5.74) is 2.54. The molecule has 0 bridgehead atoms. The maximum atomic E-state index is 12.6. The molecule has 6 nitrogen and oxygen atoms in total. The maximum Gasteiger partial charge on any atom is 0.244 e. The van der Waals surface area contributed by atoms with Crippen LogP contribution in [0, 0.1) is 0 Å². The number of guanidine groups is 1. The van der Waals surface area contributed by atoms with Gasteiger partial charge < -0.3 is 20.4 Å². The number of carbonyl (C=O) groups excluding carboxylic acids is 1. The van der Waals surface area contributed by atoms with Crippen molar-refractivity contribution in [3.8, 4) is 0 Å². The van der Waals surface area contributed by atoms with Gasteiger partial charge in [-0.2, -0.15) is 11.3 Å². The van der Waals surface area contributed by atoms with Crippen molar-refractivity contribution in [3.05, 3.63) is 52.7 Å². The number of nitrogens with one attached hydrogen (secondary N) is 2. The van der Waals surface area contributed by atoms with Gasteiger partial charge in [-0.15, -0.1) is 0 Å². The number of benzene rings is 1. The van der Waals surface area contributed by atoms with Crippen LogP contribution < -0.4 is 15.5 Å². The van der Waals surface area contributed by atoms with Crippen LogP contribution in [0.3, 0.4) is 0 Å². The van der Waals surface area contributed by atoms with Crippen LogP contribution in [-0.2, 0) is 4.79 Å². The van der Waals surface area contributed by atoms with E-state index < -0.39 is 0 Å². The van der Waals surface area contributed by atoms with Crippen molar-refractivity contribution < 1.29 is 4.79 Å². The van der Waals surface area contributed by atoms with E-state index in [-0.39, 0.29) is 12.5 Å². The minimum absolute atomic E-state index is 0.0841. The van der Waals surface area contributed by atoms with Crippen molar-refractivity contribution in [1.82, 2.24) is 15.5 Å². The first-order valence-corrected chi connectivity index (χ1v) is 11.2. The van der Waals surface area contributed by atoms with E-state index in [0.29, 0.717) is 11.9 Å². The highest BCUT2D eigenvalue weighted by Gasteiger charge is 2.21. The molecular weight excluding hydrogens is 382 g/mol. The van der Waals surface area contributed by atoms with Gasteiger partial charge in [0, 0.05) is 45.0 Å². The van der Waals surface area contributed by atoms with Gasteiger partial charge in [0.25, 0.3) is 0 Å². The minimum Gasteiger partial charge on any atom is -0.368 e. The molecule has 0 spiro atoms.